The van der Waals surface area contributed by atoms with Gasteiger partial charge >= 0.3 is 0 Å². The fourth-order valence-electron chi connectivity index (χ4n) is 1.08. The number of rotatable bonds is 3. The van der Waals surface area contributed by atoms with Crippen molar-refractivity contribution in [3.63, 3.8) is 0 Å². The van der Waals surface area contributed by atoms with Gasteiger partial charge in [0.25, 0.3) is 0 Å². The third-order valence-corrected chi connectivity index (χ3v) is 3.83. The molecule has 0 aromatic heterocycles. The first-order valence-electron chi connectivity index (χ1n) is 4.02. The van der Waals surface area contributed by atoms with Crippen LogP contribution in [0.2, 0.25) is 0 Å². The molecule has 1 rings (SSSR count). The second kappa shape index (κ2) is 4.20. The fourth-order valence-corrected chi connectivity index (χ4v) is 2.27. The molecule has 3 heteroatoms. The largest absolute Gasteiger partial charge is 0.303 e. The lowest BCUT2D eigenvalue weighted by Crippen LogP contribution is -1.91. The lowest BCUT2D eigenvalue weighted by Gasteiger charge is -2.24. The van der Waals surface area contributed by atoms with Gasteiger partial charge in [-0.05, 0) is 35.1 Å². The van der Waals surface area contributed by atoms with E-state index in [4.69, 9.17) is 0 Å². The number of aldehydes is 1. The monoisotopic (exact) mass is 214 g/mol. The maximum atomic E-state index is 10.3. The number of benzene rings is 1. The topological polar surface area (TPSA) is 17.1 Å². The molecule has 0 fully saturated rings. The number of carbonyl (C=O) groups excluding carboxylic acids is 1. The van der Waals surface area contributed by atoms with Gasteiger partial charge in [-0.3, -0.25) is 0 Å². The Bertz CT molecular complexity index is 302. The van der Waals surface area contributed by atoms with E-state index in [-0.39, 0.29) is 0 Å². The molecule has 0 aliphatic rings. The molecule has 0 bridgehead atoms. The highest BCUT2D eigenvalue weighted by molar-refractivity contribution is 8.87. The van der Waals surface area contributed by atoms with E-state index in [9.17, 15) is 4.79 Å². The Kier molecular flexibility index (Phi) is 3.45. The van der Waals surface area contributed by atoms with Gasteiger partial charge in [0, 0.05) is 6.42 Å². The molecular formula is C10H14OS2. The lowest BCUT2D eigenvalue weighted by atomic mass is 10.2. The quantitative estimate of drug-likeness (QED) is 0.465. The minimum absolute atomic E-state index is 0.497. The van der Waals surface area contributed by atoms with Crippen LogP contribution in [0.1, 0.15) is 5.56 Å². The molecule has 0 heterocycles. The average molecular weight is 214 g/mol. The predicted octanol–water partition coefficient (Wildman–Crippen LogP) is 2.70. The van der Waals surface area contributed by atoms with Crippen LogP contribution < -0.4 is 0 Å². The Hall–Kier alpha value is -0.410. The van der Waals surface area contributed by atoms with Gasteiger partial charge in [0.2, 0.25) is 0 Å². The fraction of sp³-hybridized carbons (Fsp3) is 0.300. The van der Waals surface area contributed by atoms with E-state index in [1.807, 2.05) is 12.1 Å². The summed E-state index contributed by atoms with van der Waals surface area (Å²) in [6.45, 7) is 0. The normalized spacial score (nSPS) is 12.5. The van der Waals surface area contributed by atoms with Crippen LogP contribution in [0.4, 0.5) is 0 Å². The zero-order valence-corrected chi connectivity index (χ0v) is 9.57. The standard InChI is InChI=1S/C10H14OS2/c1-13(2,12)10-5-3-4-9(8-10)6-7-11/h3-5,7-8,12H,6H2,1-2H3. The molecule has 0 saturated heterocycles. The molecule has 0 unspecified atom stereocenters. The Morgan fingerprint density at radius 2 is 2.15 bits per heavy atom. The lowest BCUT2D eigenvalue weighted by molar-refractivity contribution is -0.107. The van der Waals surface area contributed by atoms with E-state index in [0.29, 0.717) is 6.42 Å². The third kappa shape index (κ3) is 3.08. The van der Waals surface area contributed by atoms with Crippen molar-refractivity contribution >= 4 is 27.0 Å². The van der Waals surface area contributed by atoms with Crippen LogP contribution in [-0.4, -0.2) is 18.8 Å². The van der Waals surface area contributed by atoms with E-state index in [1.165, 1.54) is 4.90 Å². The molecule has 1 nitrogen and oxygen atoms in total. The maximum absolute atomic E-state index is 10.3. The first kappa shape index (κ1) is 10.7. The van der Waals surface area contributed by atoms with Crippen molar-refractivity contribution in [2.45, 2.75) is 11.3 Å². The third-order valence-electron chi connectivity index (χ3n) is 1.79. The average Bonchev–Trinajstić information content (AvgIpc) is 2.04. The van der Waals surface area contributed by atoms with Gasteiger partial charge in [0.1, 0.15) is 6.29 Å². The van der Waals surface area contributed by atoms with Crippen molar-refractivity contribution in [1.82, 2.24) is 0 Å². The Labute approximate surface area is 85.7 Å². The van der Waals surface area contributed by atoms with E-state index < -0.39 is 9.06 Å². The van der Waals surface area contributed by atoms with Crippen LogP contribution in [0.5, 0.6) is 0 Å². The first-order valence-corrected chi connectivity index (χ1v) is 7.52. The van der Waals surface area contributed by atoms with Crippen molar-refractivity contribution in [3.8, 4) is 0 Å². The molecule has 1 aromatic carbocycles. The van der Waals surface area contributed by atoms with E-state index in [2.05, 4.69) is 36.3 Å². The molecule has 0 aliphatic carbocycles. The van der Waals surface area contributed by atoms with Crippen LogP contribution >= 0.6 is 20.7 Å². The van der Waals surface area contributed by atoms with E-state index in [0.717, 1.165) is 11.8 Å². The van der Waals surface area contributed by atoms with Gasteiger partial charge in [-0.2, -0.15) is 9.06 Å². The Morgan fingerprint density at radius 1 is 1.46 bits per heavy atom. The smallest absolute Gasteiger partial charge is 0.124 e. The molecule has 0 spiro atoms. The van der Waals surface area contributed by atoms with E-state index in [1.54, 1.807) is 0 Å². The summed E-state index contributed by atoms with van der Waals surface area (Å²) < 4.78 is 0. The highest BCUT2D eigenvalue weighted by Gasteiger charge is 2.08. The van der Waals surface area contributed by atoms with Crippen LogP contribution in [0, 0.1) is 0 Å². The van der Waals surface area contributed by atoms with Crippen molar-refractivity contribution < 1.29 is 4.79 Å². The van der Waals surface area contributed by atoms with Gasteiger partial charge in [-0.15, -0.1) is 11.7 Å². The van der Waals surface area contributed by atoms with Crippen LogP contribution in [0.15, 0.2) is 29.2 Å². The molecule has 0 N–H and O–H groups in total. The van der Waals surface area contributed by atoms with Gasteiger partial charge in [0.15, 0.2) is 0 Å². The molecule has 13 heavy (non-hydrogen) atoms. The molecule has 0 aliphatic heterocycles. The maximum Gasteiger partial charge on any atom is 0.124 e. The van der Waals surface area contributed by atoms with Gasteiger partial charge in [-0.25, -0.2) is 0 Å². The van der Waals surface area contributed by atoms with Gasteiger partial charge in [-0.1, -0.05) is 12.1 Å². The van der Waals surface area contributed by atoms with Crippen LogP contribution in [-0.2, 0) is 11.2 Å². The number of carbonyl (C=O) groups is 1. The number of hydrogen-bond donors (Lipinski definition) is 1. The van der Waals surface area contributed by atoms with Crippen molar-refractivity contribution in [3.05, 3.63) is 29.8 Å². The molecule has 72 valence electrons. The van der Waals surface area contributed by atoms with E-state index >= 15 is 0 Å². The Morgan fingerprint density at radius 3 is 2.69 bits per heavy atom. The zero-order chi connectivity index (χ0) is 9.90. The summed E-state index contributed by atoms with van der Waals surface area (Å²) in [4.78, 5) is 11.6. The summed E-state index contributed by atoms with van der Waals surface area (Å²) in [5, 5.41) is 0. The van der Waals surface area contributed by atoms with Crippen molar-refractivity contribution in [2.24, 2.45) is 0 Å². The van der Waals surface area contributed by atoms with Gasteiger partial charge in [0.05, 0.1) is 0 Å². The second-order valence-corrected chi connectivity index (χ2v) is 9.05. The second-order valence-electron chi connectivity index (χ2n) is 3.29. The summed E-state index contributed by atoms with van der Waals surface area (Å²) in [5.41, 5.74) is 1.07. The molecular weight excluding hydrogens is 200 g/mol. The minimum atomic E-state index is -0.965. The van der Waals surface area contributed by atoms with Crippen LogP contribution in [0.3, 0.4) is 0 Å². The molecule has 0 amide bonds. The van der Waals surface area contributed by atoms with Gasteiger partial charge < -0.3 is 4.79 Å². The summed E-state index contributed by atoms with van der Waals surface area (Å²) in [6.07, 6.45) is 5.67. The first-order chi connectivity index (χ1) is 6.04. The Balaban J connectivity index is 2.98. The predicted molar refractivity (Wildman–Crippen MR) is 62.9 cm³/mol. The molecule has 0 radical (unpaired) electrons. The SMILES string of the molecule is CS(C)(S)c1cccc(CC=O)c1. The summed E-state index contributed by atoms with van der Waals surface area (Å²) >= 11 is 4.55. The number of thiol groups is 1. The molecule has 0 atom stereocenters. The number of hydrogen-bond acceptors (Lipinski definition) is 2. The van der Waals surface area contributed by atoms with Crippen LogP contribution in [0.25, 0.3) is 0 Å². The zero-order valence-electron chi connectivity index (χ0n) is 7.86. The minimum Gasteiger partial charge on any atom is -0.303 e. The molecule has 0 saturated carbocycles. The van der Waals surface area contributed by atoms with Crippen molar-refractivity contribution in [2.75, 3.05) is 12.5 Å². The highest BCUT2D eigenvalue weighted by Crippen LogP contribution is 2.53. The summed E-state index contributed by atoms with van der Waals surface area (Å²) in [6, 6.07) is 8.09. The molecule has 1 aromatic rings. The van der Waals surface area contributed by atoms with Crippen molar-refractivity contribution in [1.29, 1.82) is 0 Å². The highest BCUT2D eigenvalue weighted by atomic mass is 33.1. The summed E-state index contributed by atoms with van der Waals surface area (Å²) in [5.74, 6) is 0. The summed E-state index contributed by atoms with van der Waals surface area (Å²) in [7, 11) is -0.965.